The minimum Gasteiger partial charge on any atom is -0.490 e. The molecule has 6 heteroatoms. The highest BCUT2D eigenvalue weighted by atomic mass is 79.9. The molecule has 1 amide bonds. The van der Waals surface area contributed by atoms with E-state index in [0.717, 1.165) is 0 Å². The smallest absolute Gasteiger partial charge is 0.227 e. The molecule has 3 nitrogen and oxygen atoms in total. The number of amides is 1. The van der Waals surface area contributed by atoms with Gasteiger partial charge < -0.3 is 10.1 Å². The summed E-state index contributed by atoms with van der Waals surface area (Å²) in [7, 11) is 0. The molecule has 0 heterocycles. The number of anilines is 1. The zero-order valence-electron chi connectivity index (χ0n) is 10.9. The molecule has 0 radical (unpaired) electrons. The number of carbonyl (C=O) groups is 1. The number of rotatable bonds is 5. The fraction of sp³-hybridized carbons (Fsp3) is 0.133. The fourth-order valence-corrected chi connectivity index (χ4v) is 1.95. The molecule has 110 valence electrons. The molecule has 0 unspecified atom stereocenters. The van der Waals surface area contributed by atoms with Gasteiger partial charge >= 0.3 is 0 Å². The zero-order chi connectivity index (χ0) is 15.2. The summed E-state index contributed by atoms with van der Waals surface area (Å²) in [6, 6.07) is 10.3. The molecular formula is C15H12BrF2NO2. The molecule has 21 heavy (non-hydrogen) atoms. The molecule has 0 spiro atoms. The molecule has 1 N–H and O–H groups in total. The van der Waals surface area contributed by atoms with Crippen molar-refractivity contribution in [2.75, 3.05) is 11.9 Å². The van der Waals surface area contributed by atoms with Gasteiger partial charge in [-0.1, -0.05) is 28.1 Å². The van der Waals surface area contributed by atoms with Crippen molar-refractivity contribution in [3.63, 3.8) is 0 Å². The van der Waals surface area contributed by atoms with Crippen LogP contribution < -0.4 is 10.1 Å². The lowest BCUT2D eigenvalue weighted by Crippen LogP contribution is -2.16. The second-order valence-electron chi connectivity index (χ2n) is 4.20. The standard InChI is InChI=1S/C15H12BrF2NO2/c16-10-5-6-13(12(18)9-10)19-15(20)7-8-21-14-4-2-1-3-11(14)17/h1-6,9H,7-8H2,(H,19,20). The molecule has 0 saturated heterocycles. The Bertz CT molecular complexity index is 649. The van der Waals surface area contributed by atoms with Crippen molar-refractivity contribution >= 4 is 27.5 Å². The van der Waals surface area contributed by atoms with E-state index in [4.69, 9.17) is 4.74 Å². The third kappa shape index (κ3) is 4.53. The SMILES string of the molecule is O=C(CCOc1ccccc1F)Nc1ccc(Br)cc1F. The molecule has 0 aliphatic rings. The predicted octanol–water partition coefficient (Wildman–Crippen LogP) is 4.13. The molecule has 2 rings (SSSR count). The van der Waals surface area contributed by atoms with Crippen LogP contribution in [0.25, 0.3) is 0 Å². The molecule has 0 saturated carbocycles. The van der Waals surface area contributed by atoms with Gasteiger partial charge in [-0.05, 0) is 30.3 Å². The van der Waals surface area contributed by atoms with Crippen LogP contribution in [0.5, 0.6) is 5.75 Å². The largest absolute Gasteiger partial charge is 0.490 e. The molecular weight excluding hydrogens is 344 g/mol. The maximum Gasteiger partial charge on any atom is 0.227 e. The van der Waals surface area contributed by atoms with Crippen molar-refractivity contribution < 1.29 is 18.3 Å². The maximum atomic E-state index is 13.5. The minimum absolute atomic E-state index is 0.00487. The van der Waals surface area contributed by atoms with Crippen molar-refractivity contribution in [2.24, 2.45) is 0 Å². The van der Waals surface area contributed by atoms with Gasteiger partial charge in [0.05, 0.1) is 18.7 Å². The van der Waals surface area contributed by atoms with E-state index in [2.05, 4.69) is 21.2 Å². The van der Waals surface area contributed by atoms with Crippen molar-refractivity contribution in [1.82, 2.24) is 0 Å². The topological polar surface area (TPSA) is 38.3 Å². The van der Waals surface area contributed by atoms with Gasteiger partial charge in [-0.15, -0.1) is 0 Å². The van der Waals surface area contributed by atoms with Crippen molar-refractivity contribution in [3.05, 3.63) is 58.6 Å². The normalized spacial score (nSPS) is 10.2. The summed E-state index contributed by atoms with van der Waals surface area (Å²) in [4.78, 5) is 11.7. The summed E-state index contributed by atoms with van der Waals surface area (Å²) in [6.07, 6.45) is -0.0101. The minimum atomic E-state index is -0.534. The van der Waals surface area contributed by atoms with Crippen LogP contribution in [-0.2, 0) is 4.79 Å². The summed E-state index contributed by atoms with van der Waals surface area (Å²) in [5, 5.41) is 2.43. The third-order valence-corrected chi connectivity index (χ3v) is 3.12. The van der Waals surface area contributed by atoms with E-state index in [1.165, 1.54) is 24.3 Å². The van der Waals surface area contributed by atoms with E-state index in [1.807, 2.05) is 0 Å². The molecule has 0 atom stereocenters. The zero-order valence-corrected chi connectivity index (χ0v) is 12.5. The van der Waals surface area contributed by atoms with E-state index in [-0.39, 0.29) is 24.5 Å². The quantitative estimate of drug-likeness (QED) is 0.875. The Kier molecular flexibility index (Phi) is 5.27. The average Bonchev–Trinajstić information content (AvgIpc) is 2.44. The summed E-state index contributed by atoms with van der Waals surface area (Å²) < 4.78 is 32.5. The summed E-state index contributed by atoms with van der Waals surface area (Å²) in [5.74, 6) is -1.35. The van der Waals surface area contributed by atoms with Crippen LogP contribution in [0.2, 0.25) is 0 Å². The fourth-order valence-electron chi connectivity index (χ4n) is 1.62. The molecule has 0 bridgehead atoms. The molecule has 0 aliphatic heterocycles. The number of hydrogen-bond donors (Lipinski definition) is 1. The molecule has 0 aromatic heterocycles. The number of ether oxygens (including phenoxy) is 1. The molecule has 0 fully saturated rings. The van der Waals surface area contributed by atoms with Gasteiger partial charge in [-0.3, -0.25) is 4.79 Å². The van der Waals surface area contributed by atoms with E-state index in [0.29, 0.717) is 4.47 Å². The Morgan fingerprint density at radius 2 is 1.90 bits per heavy atom. The lowest BCUT2D eigenvalue weighted by molar-refractivity contribution is -0.116. The van der Waals surface area contributed by atoms with E-state index >= 15 is 0 Å². The van der Waals surface area contributed by atoms with Gasteiger partial charge in [0.1, 0.15) is 5.82 Å². The maximum absolute atomic E-state index is 13.5. The number of para-hydroxylation sites is 1. The van der Waals surface area contributed by atoms with Crippen LogP contribution in [0.3, 0.4) is 0 Å². The van der Waals surface area contributed by atoms with Gasteiger partial charge in [-0.25, -0.2) is 8.78 Å². The molecule has 2 aromatic carbocycles. The van der Waals surface area contributed by atoms with Gasteiger partial charge in [0.25, 0.3) is 0 Å². The van der Waals surface area contributed by atoms with E-state index < -0.39 is 17.5 Å². The number of halogens is 3. The molecule has 0 aliphatic carbocycles. The van der Waals surface area contributed by atoms with Crippen LogP contribution in [0.1, 0.15) is 6.42 Å². The first-order valence-corrected chi connectivity index (χ1v) is 6.98. The second kappa shape index (κ2) is 7.17. The first-order chi connectivity index (χ1) is 10.1. The Morgan fingerprint density at radius 1 is 1.14 bits per heavy atom. The highest BCUT2D eigenvalue weighted by molar-refractivity contribution is 9.10. The first-order valence-electron chi connectivity index (χ1n) is 6.18. The Labute approximate surface area is 129 Å². The van der Waals surface area contributed by atoms with Crippen LogP contribution in [-0.4, -0.2) is 12.5 Å². The number of carbonyl (C=O) groups excluding carboxylic acids is 1. The van der Waals surface area contributed by atoms with Gasteiger partial charge in [0.2, 0.25) is 5.91 Å². The third-order valence-electron chi connectivity index (χ3n) is 2.63. The average molecular weight is 356 g/mol. The van der Waals surface area contributed by atoms with Gasteiger partial charge in [0.15, 0.2) is 11.6 Å². The van der Waals surface area contributed by atoms with Crippen LogP contribution >= 0.6 is 15.9 Å². The van der Waals surface area contributed by atoms with E-state index in [1.54, 1.807) is 18.2 Å². The summed E-state index contributed by atoms with van der Waals surface area (Å²) >= 11 is 3.13. The number of nitrogens with one attached hydrogen (secondary N) is 1. The van der Waals surface area contributed by atoms with Gasteiger partial charge in [-0.2, -0.15) is 0 Å². The molecule has 2 aromatic rings. The van der Waals surface area contributed by atoms with Crippen LogP contribution in [0, 0.1) is 11.6 Å². The Morgan fingerprint density at radius 3 is 2.62 bits per heavy atom. The Balaban J connectivity index is 1.84. The van der Waals surface area contributed by atoms with Crippen molar-refractivity contribution in [2.45, 2.75) is 6.42 Å². The summed E-state index contributed by atoms with van der Waals surface area (Å²) in [6.45, 7) is 0.00487. The highest BCUT2D eigenvalue weighted by Crippen LogP contribution is 2.19. The van der Waals surface area contributed by atoms with E-state index in [9.17, 15) is 13.6 Å². The second-order valence-corrected chi connectivity index (χ2v) is 5.12. The first kappa shape index (κ1) is 15.4. The van der Waals surface area contributed by atoms with Gasteiger partial charge in [0, 0.05) is 4.47 Å². The lowest BCUT2D eigenvalue weighted by Gasteiger charge is -2.08. The van der Waals surface area contributed by atoms with Crippen molar-refractivity contribution in [1.29, 1.82) is 0 Å². The van der Waals surface area contributed by atoms with Crippen molar-refractivity contribution in [3.8, 4) is 5.75 Å². The number of benzene rings is 2. The predicted molar refractivity (Wildman–Crippen MR) is 79.2 cm³/mol. The van der Waals surface area contributed by atoms with Crippen LogP contribution in [0.4, 0.5) is 14.5 Å². The summed E-state index contributed by atoms with van der Waals surface area (Å²) in [5.41, 5.74) is 0.0918. The highest BCUT2D eigenvalue weighted by Gasteiger charge is 2.08. The Hall–Kier alpha value is -1.95. The lowest BCUT2D eigenvalue weighted by atomic mass is 10.3. The van der Waals surface area contributed by atoms with Crippen LogP contribution in [0.15, 0.2) is 46.9 Å². The number of hydrogen-bond acceptors (Lipinski definition) is 2. The monoisotopic (exact) mass is 355 g/mol.